The van der Waals surface area contributed by atoms with Crippen LogP contribution >= 0.6 is 0 Å². The molecule has 14 nitrogen and oxygen atoms in total. The van der Waals surface area contributed by atoms with Crippen molar-refractivity contribution >= 4 is 46.3 Å². The van der Waals surface area contributed by atoms with E-state index in [9.17, 15) is 14.4 Å². The molecule has 2 aromatic heterocycles. The number of imide groups is 1. The second-order valence-electron chi connectivity index (χ2n) is 15.4. The number of carbonyl (C=O) groups excluding carboxylic acids is 3. The normalized spacial score (nSPS) is 20.2. The minimum absolute atomic E-state index is 0.138. The molecule has 4 aromatic rings. The fourth-order valence-electron chi connectivity index (χ4n) is 7.08. The summed E-state index contributed by atoms with van der Waals surface area (Å²) in [6.07, 6.45) is 2.28. The van der Waals surface area contributed by atoms with E-state index in [0.29, 0.717) is 70.7 Å². The lowest BCUT2D eigenvalue weighted by Crippen LogP contribution is -2.41. The molecule has 0 radical (unpaired) electrons. The van der Waals surface area contributed by atoms with E-state index in [-0.39, 0.29) is 17.7 Å². The molecular formula is C38H44N6O8. The van der Waals surface area contributed by atoms with Crippen LogP contribution in [0.25, 0.3) is 10.9 Å². The van der Waals surface area contributed by atoms with Gasteiger partial charge in [0.15, 0.2) is 17.4 Å². The third kappa shape index (κ3) is 6.29. The monoisotopic (exact) mass is 712 g/mol. The van der Waals surface area contributed by atoms with Gasteiger partial charge < -0.3 is 29.0 Å². The number of methoxy groups -OCH3 is 2. The summed E-state index contributed by atoms with van der Waals surface area (Å²) in [4.78, 5) is 51.9. The summed E-state index contributed by atoms with van der Waals surface area (Å²) in [5, 5.41) is 8.59. The molecule has 1 saturated heterocycles. The number of nitrogens with zero attached hydrogens (tertiary/aromatic N) is 5. The number of aromatic nitrogens is 4. The smallest absolute Gasteiger partial charge is 0.435 e. The van der Waals surface area contributed by atoms with Crippen LogP contribution in [-0.2, 0) is 24.4 Å². The number of nitrogens with one attached hydrogen (secondary N) is 1. The first-order chi connectivity index (χ1) is 24.6. The highest BCUT2D eigenvalue weighted by Crippen LogP contribution is 2.67. The lowest BCUT2D eigenvalue weighted by atomic mass is 9.91. The molecule has 4 heterocycles. The Labute approximate surface area is 301 Å². The summed E-state index contributed by atoms with van der Waals surface area (Å²) < 4.78 is 29.3. The van der Waals surface area contributed by atoms with Crippen LogP contribution in [0.15, 0.2) is 42.6 Å². The molecule has 1 saturated carbocycles. The summed E-state index contributed by atoms with van der Waals surface area (Å²) in [6, 6.07) is 10.9. The predicted octanol–water partition coefficient (Wildman–Crippen LogP) is 6.97. The molecule has 7 rings (SSSR count). The highest BCUT2D eigenvalue weighted by molar-refractivity contribution is 6.23. The van der Waals surface area contributed by atoms with Gasteiger partial charge in [0.25, 0.3) is 0 Å². The van der Waals surface area contributed by atoms with Crippen molar-refractivity contribution in [2.45, 2.75) is 89.3 Å². The Hall–Kier alpha value is -5.24. The summed E-state index contributed by atoms with van der Waals surface area (Å²) in [7, 11) is 3.09. The van der Waals surface area contributed by atoms with Crippen molar-refractivity contribution in [2.75, 3.05) is 37.7 Å². The Bertz CT molecular complexity index is 2080. The molecule has 1 spiro atoms. The molecule has 0 unspecified atom stereocenters. The summed E-state index contributed by atoms with van der Waals surface area (Å²) in [5.41, 5.74) is -0.213. The topological polar surface area (TPSA) is 156 Å². The van der Waals surface area contributed by atoms with Gasteiger partial charge in [0.05, 0.1) is 37.0 Å². The van der Waals surface area contributed by atoms with E-state index in [1.165, 1.54) is 11.8 Å². The molecule has 2 atom stereocenters. The first kappa shape index (κ1) is 35.2. The average Bonchev–Trinajstić information content (AvgIpc) is 3.68. The van der Waals surface area contributed by atoms with Gasteiger partial charge in [0.1, 0.15) is 22.8 Å². The number of anilines is 3. The van der Waals surface area contributed by atoms with Crippen molar-refractivity contribution < 1.29 is 38.1 Å². The molecule has 3 aliphatic rings. The Kier molecular flexibility index (Phi) is 8.63. The Morgan fingerprint density at radius 1 is 0.923 bits per heavy atom. The lowest BCUT2D eigenvalue weighted by molar-refractivity contribution is -0.120. The van der Waals surface area contributed by atoms with Crippen molar-refractivity contribution in [3.63, 3.8) is 0 Å². The molecule has 2 aromatic carbocycles. The Morgan fingerprint density at radius 2 is 1.63 bits per heavy atom. The van der Waals surface area contributed by atoms with E-state index in [1.807, 2.05) is 24.3 Å². The van der Waals surface area contributed by atoms with E-state index in [4.69, 9.17) is 28.7 Å². The van der Waals surface area contributed by atoms with Crippen LogP contribution in [0.1, 0.15) is 89.6 Å². The summed E-state index contributed by atoms with van der Waals surface area (Å²) >= 11 is 0. The number of carbonyl (C=O) groups is 3. The molecule has 52 heavy (non-hydrogen) atoms. The first-order valence-corrected chi connectivity index (χ1v) is 17.4. The molecule has 2 aliphatic heterocycles. The van der Waals surface area contributed by atoms with Crippen LogP contribution in [0, 0.1) is 0 Å². The van der Waals surface area contributed by atoms with E-state index in [1.54, 1.807) is 67.0 Å². The zero-order chi connectivity index (χ0) is 37.2. The zero-order valence-electron chi connectivity index (χ0n) is 30.7. The second kappa shape index (κ2) is 12.8. The zero-order valence-corrected chi connectivity index (χ0v) is 30.7. The van der Waals surface area contributed by atoms with Crippen LogP contribution in [0.3, 0.4) is 0 Å². The van der Waals surface area contributed by atoms with E-state index >= 15 is 0 Å². The van der Waals surface area contributed by atoms with Gasteiger partial charge in [-0.25, -0.2) is 24.5 Å². The van der Waals surface area contributed by atoms with Crippen molar-refractivity contribution in [1.29, 1.82) is 0 Å². The fraction of sp³-hybridized carbons (Fsp3) is 0.474. The van der Waals surface area contributed by atoms with E-state index in [2.05, 4.69) is 15.4 Å². The van der Waals surface area contributed by atoms with E-state index < -0.39 is 28.8 Å². The summed E-state index contributed by atoms with van der Waals surface area (Å²) in [5.74, 6) is 1.87. The number of benzene rings is 2. The van der Waals surface area contributed by atoms with Crippen molar-refractivity contribution in [1.82, 2.24) is 19.7 Å². The van der Waals surface area contributed by atoms with E-state index in [0.717, 1.165) is 23.3 Å². The van der Waals surface area contributed by atoms with Gasteiger partial charge in [-0.3, -0.25) is 4.79 Å². The highest BCUT2D eigenvalue weighted by Gasteiger charge is 2.68. The third-order valence-electron chi connectivity index (χ3n) is 9.54. The van der Waals surface area contributed by atoms with Crippen LogP contribution < -0.4 is 19.7 Å². The number of hydrogen-bond donors (Lipinski definition) is 1. The SMILES string of the molecule is COc1ccc2c(c1)[C@]1(C[C@H]1c1ccc3c(Nc4nc(C5CCOCC5)ncc4OC)nn(C(=O)OC(C)(C)C)c3c1)C(=O)N2C(=O)OC(C)(C)C. The van der Waals surface area contributed by atoms with Gasteiger partial charge >= 0.3 is 12.2 Å². The van der Waals surface area contributed by atoms with Gasteiger partial charge in [-0.1, -0.05) is 6.07 Å². The number of rotatable bonds is 6. The van der Waals surface area contributed by atoms with Crippen molar-refractivity contribution in [3.05, 3.63) is 59.5 Å². The molecular weight excluding hydrogens is 668 g/mol. The van der Waals surface area contributed by atoms with Crippen molar-refractivity contribution in [3.8, 4) is 11.5 Å². The standard InChI is InChI=1S/C38H44N6O8/c1-36(2,3)51-34(46)43-27-12-10-23(48-7)18-25(27)38(33(43)45)19-26(38)22-9-11-24-28(17-22)44(35(47)52-37(4,5)6)42-31(24)41-32-29(49-8)20-39-30(40-32)21-13-15-50-16-14-21/h9-12,17-18,20-21,26H,13-16,19H2,1-8H3,(H,39,40,41,42)/t26-,38-/m0/s1. The maximum absolute atomic E-state index is 14.3. The Balaban J connectivity index is 1.29. The molecule has 274 valence electrons. The molecule has 2 amide bonds. The van der Waals surface area contributed by atoms with Crippen LogP contribution in [0.2, 0.25) is 0 Å². The molecule has 1 N–H and O–H groups in total. The van der Waals surface area contributed by atoms with Gasteiger partial charge in [-0.15, -0.1) is 5.10 Å². The van der Waals surface area contributed by atoms with Crippen LogP contribution in [-0.4, -0.2) is 76.5 Å². The maximum atomic E-state index is 14.3. The second-order valence-corrected chi connectivity index (χ2v) is 15.4. The molecule has 0 bridgehead atoms. The number of ether oxygens (including phenoxy) is 5. The van der Waals surface area contributed by atoms with Crippen LogP contribution in [0.4, 0.5) is 26.9 Å². The number of amides is 2. The predicted molar refractivity (Wildman–Crippen MR) is 192 cm³/mol. The van der Waals surface area contributed by atoms with Gasteiger partial charge in [0, 0.05) is 30.4 Å². The molecule has 1 aliphatic carbocycles. The van der Waals surface area contributed by atoms with Gasteiger partial charge in [0.2, 0.25) is 5.91 Å². The highest BCUT2D eigenvalue weighted by atomic mass is 16.6. The molecule has 14 heteroatoms. The molecule has 2 fully saturated rings. The third-order valence-corrected chi connectivity index (χ3v) is 9.54. The average molecular weight is 713 g/mol. The quantitative estimate of drug-likeness (QED) is 0.219. The fourth-order valence-corrected chi connectivity index (χ4v) is 7.08. The summed E-state index contributed by atoms with van der Waals surface area (Å²) in [6.45, 7) is 11.9. The number of hydrogen-bond acceptors (Lipinski definition) is 12. The lowest BCUT2D eigenvalue weighted by Gasteiger charge is -2.24. The largest absolute Gasteiger partial charge is 0.497 e. The van der Waals surface area contributed by atoms with Gasteiger partial charge in [-0.2, -0.15) is 4.68 Å². The maximum Gasteiger partial charge on any atom is 0.435 e. The van der Waals surface area contributed by atoms with Gasteiger partial charge in [-0.05, 0) is 102 Å². The minimum Gasteiger partial charge on any atom is -0.497 e. The minimum atomic E-state index is -1.03. The number of fused-ring (bicyclic) bond motifs is 3. The Morgan fingerprint density at radius 3 is 2.31 bits per heavy atom. The first-order valence-electron chi connectivity index (χ1n) is 17.4. The van der Waals surface area contributed by atoms with Crippen LogP contribution in [0.5, 0.6) is 11.5 Å². The van der Waals surface area contributed by atoms with Crippen molar-refractivity contribution in [2.24, 2.45) is 0 Å².